The largest absolute Gasteiger partial charge is 0.433 e. The van der Waals surface area contributed by atoms with Crippen LogP contribution in [0.25, 0.3) is 28.1 Å². The molecule has 4 rings (SSSR count). The van der Waals surface area contributed by atoms with Gasteiger partial charge in [-0.2, -0.15) is 10.1 Å². The molecule has 10 nitrogen and oxygen atoms in total. The summed E-state index contributed by atoms with van der Waals surface area (Å²) in [6.07, 6.45) is 4.55. The number of nitro groups is 1. The maximum absolute atomic E-state index is 10.5. The lowest BCUT2D eigenvalue weighted by Gasteiger charge is -1.95. The molecule has 3 aromatic heterocycles. The number of aryl methyl sites for hydroxylation is 1. The van der Waals surface area contributed by atoms with Crippen molar-refractivity contribution in [3.63, 3.8) is 0 Å². The van der Waals surface area contributed by atoms with Crippen LogP contribution in [0.2, 0.25) is 0 Å². The lowest BCUT2D eigenvalue weighted by atomic mass is 10.1. The summed E-state index contributed by atoms with van der Waals surface area (Å²) in [6, 6.07) is 8.71. The molecule has 0 radical (unpaired) electrons. The van der Waals surface area contributed by atoms with E-state index in [1.54, 1.807) is 12.2 Å². The van der Waals surface area contributed by atoms with E-state index >= 15 is 0 Å². The van der Waals surface area contributed by atoms with Gasteiger partial charge in [0.15, 0.2) is 5.65 Å². The average Bonchev–Trinajstić information content (AvgIpc) is 3.27. The van der Waals surface area contributed by atoms with Crippen molar-refractivity contribution >= 4 is 46.2 Å². The Kier molecular flexibility index (Phi) is 4.05. The van der Waals surface area contributed by atoms with Gasteiger partial charge in [-0.25, -0.2) is 5.43 Å². The molecule has 0 aliphatic heterocycles. The number of benzene rings is 1. The smallest absolute Gasteiger partial charge is 0.401 e. The molecule has 0 amide bonds. The Labute approximate surface area is 151 Å². The van der Waals surface area contributed by atoms with E-state index in [9.17, 15) is 10.1 Å². The summed E-state index contributed by atoms with van der Waals surface area (Å²) in [6.45, 7) is 2.01. The fraction of sp³-hybridized carbons (Fsp3) is 0.0588. The lowest BCUT2D eigenvalue weighted by molar-refractivity contribution is -0.402. The van der Waals surface area contributed by atoms with Crippen molar-refractivity contribution in [2.45, 2.75) is 6.92 Å². The first kappa shape index (κ1) is 16.4. The van der Waals surface area contributed by atoms with E-state index in [4.69, 9.17) is 4.42 Å². The molecule has 0 saturated carbocycles. The number of aromatic amines is 1. The highest BCUT2D eigenvalue weighted by Gasteiger charge is 2.10. The van der Waals surface area contributed by atoms with E-state index in [2.05, 4.69) is 30.7 Å². The van der Waals surface area contributed by atoms with Crippen LogP contribution >= 0.6 is 0 Å². The minimum absolute atomic E-state index is 0.241. The Morgan fingerprint density at radius 1 is 1.30 bits per heavy atom. The number of hydrogen-bond donors (Lipinski definition) is 2. The zero-order valence-electron chi connectivity index (χ0n) is 14.1. The Morgan fingerprint density at radius 3 is 3.00 bits per heavy atom. The molecule has 10 heteroatoms. The zero-order valence-corrected chi connectivity index (χ0v) is 14.1. The molecule has 3 heterocycles. The molecule has 134 valence electrons. The third-order valence-electron chi connectivity index (χ3n) is 3.84. The Bertz CT molecular complexity index is 1210. The number of nitrogens with zero attached hydrogens (tertiary/aromatic N) is 5. The monoisotopic (exact) mass is 363 g/mol. The van der Waals surface area contributed by atoms with Gasteiger partial charge in [-0.15, -0.1) is 10.2 Å². The van der Waals surface area contributed by atoms with E-state index in [-0.39, 0.29) is 11.8 Å². The van der Waals surface area contributed by atoms with E-state index in [0.717, 1.165) is 16.5 Å². The van der Waals surface area contributed by atoms with Crippen molar-refractivity contribution in [1.82, 2.24) is 20.2 Å². The number of fused-ring (bicyclic) bond motifs is 3. The van der Waals surface area contributed by atoms with E-state index in [1.165, 1.54) is 18.3 Å². The minimum Gasteiger partial charge on any atom is -0.401 e. The first-order chi connectivity index (χ1) is 13.1. The first-order valence-corrected chi connectivity index (χ1v) is 7.93. The molecule has 0 saturated heterocycles. The van der Waals surface area contributed by atoms with Gasteiger partial charge in [0, 0.05) is 11.6 Å². The molecular formula is C17H13N7O3. The number of hydrazone groups is 1. The highest BCUT2D eigenvalue weighted by molar-refractivity contribution is 6.04. The minimum atomic E-state index is -0.598. The van der Waals surface area contributed by atoms with Crippen molar-refractivity contribution in [1.29, 1.82) is 0 Å². The van der Waals surface area contributed by atoms with Crippen molar-refractivity contribution in [3.05, 3.63) is 57.8 Å². The average molecular weight is 363 g/mol. The van der Waals surface area contributed by atoms with Crippen LogP contribution in [0.3, 0.4) is 0 Å². The standard InChI is InChI=1S/C17H13N7O3/c1-10-4-2-6-12-14(10)19-16-15(12)21-23-17(20-16)22-18-9-3-5-11-7-8-13(27-11)24(25)26/h2-9H,1H3,(H2,19,20,22,23). The van der Waals surface area contributed by atoms with E-state index in [0.29, 0.717) is 16.9 Å². The van der Waals surface area contributed by atoms with Crippen molar-refractivity contribution in [3.8, 4) is 0 Å². The van der Waals surface area contributed by atoms with Gasteiger partial charge in [-0.1, -0.05) is 18.2 Å². The number of para-hydroxylation sites is 1. The highest BCUT2D eigenvalue weighted by Crippen LogP contribution is 2.24. The maximum Gasteiger partial charge on any atom is 0.433 e. The molecule has 0 aliphatic rings. The van der Waals surface area contributed by atoms with Crippen LogP contribution in [-0.2, 0) is 0 Å². The molecule has 4 aromatic rings. The number of H-pyrrole nitrogens is 1. The van der Waals surface area contributed by atoms with Crippen LogP contribution in [0.1, 0.15) is 11.3 Å². The van der Waals surface area contributed by atoms with Gasteiger partial charge in [0.25, 0.3) is 5.95 Å². The van der Waals surface area contributed by atoms with Crippen LogP contribution in [-0.4, -0.2) is 31.3 Å². The summed E-state index contributed by atoms with van der Waals surface area (Å²) in [7, 11) is 0. The quantitative estimate of drug-likeness (QED) is 0.315. The molecule has 2 N–H and O–H groups in total. The van der Waals surface area contributed by atoms with E-state index < -0.39 is 4.92 Å². The zero-order chi connectivity index (χ0) is 18.8. The second-order valence-corrected chi connectivity index (χ2v) is 5.64. The fourth-order valence-electron chi connectivity index (χ4n) is 2.60. The predicted molar refractivity (Wildman–Crippen MR) is 100 cm³/mol. The molecule has 0 atom stereocenters. The number of nitrogens with one attached hydrogen (secondary N) is 2. The number of furan rings is 1. The van der Waals surface area contributed by atoms with Crippen LogP contribution in [0.4, 0.5) is 11.8 Å². The fourth-order valence-corrected chi connectivity index (χ4v) is 2.60. The van der Waals surface area contributed by atoms with Crippen molar-refractivity contribution in [2.75, 3.05) is 5.43 Å². The third kappa shape index (κ3) is 3.23. The van der Waals surface area contributed by atoms with Gasteiger partial charge in [-0.3, -0.25) is 10.1 Å². The SMILES string of the molecule is Cc1cccc2c1[nH]c1nc(NN=CC=Cc3ccc([N+](=O)[O-])o3)nnc12. The van der Waals surface area contributed by atoms with Crippen LogP contribution in [0, 0.1) is 17.0 Å². The molecule has 0 fully saturated rings. The van der Waals surface area contributed by atoms with Gasteiger partial charge >= 0.3 is 5.88 Å². The molecule has 0 aliphatic carbocycles. The lowest BCUT2D eigenvalue weighted by Crippen LogP contribution is -1.98. The number of rotatable bonds is 5. The number of aromatic nitrogens is 4. The number of allylic oxidation sites excluding steroid dienone is 1. The third-order valence-corrected chi connectivity index (χ3v) is 3.84. The molecule has 0 spiro atoms. The van der Waals surface area contributed by atoms with Crippen LogP contribution in [0.5, 0.6) is 0 Å². The van der Waals surface area contributed by atoms with Crippen molar-refractivity contribution < 1.29 is 9.34 Å². The molecule has 0 bridgehead atoms. The number of hydrogen-bond acceptors (Lipinski definition) is 8. The maximum atomic E-state index is 10.5. The normalized spacial score (nSPS) is 11.9. The van der Waals surface area contributed by atoms with E-state index in [1.807, 2.05) is 25.1 Å². The van der Waals surface area contributed by atoms with Crippen molar-refractivity contribution in [2.24, 2.45) is 5.10 Å². The van der Waals surface area contributed by atoms with Gasteiger partial charge in [0.1, 0.15) is 16.2 Å². The summed E-state index contributed by atoms with van der Waals surface area (Å²) in [5.74, 6) is 0.275. The summed E-state index contributed by atoms with van der Waals surface area (Å²) in [5.41, 5.74) is 6.07. The van der Waals surface area contributed by atoms with Gasteiger partial charge in [-0.05, 0) is 30.7 Å². The van der Waals surface area contributed by atoms with Crippen LogP contribution < -0.4 is 5.43 Å². The van der Waals surface area contributed by atoms with Gasteiger partial charge < -0.3 is 9.40 Å². The summed E-state index contributed by atoms with van der Waals surface area (Å²) in [4.78, 5) is 17.5. The summed E-state index contributed by atoms with van der Waals surface area (Å²) in [5, 5.41) is 23.7. The molecule has 1 aromatic carbocycles. The van der Waals surface area contributed by atoms with Crippen LogP contribution in [0.15, 0.2) is 45.9 Å². The number of anilines is 1. The van der Waals surface area contributed by atoms with Gasteiger partial charge in [0.05, 0.1) is 11.6 Å². The summed E-state index contributed by atoms with van der Waals surface area (Å²) >= 11 is 0. The highest BCUT2D eigenvalue weighted by atomic mass is 16.6. The second-order valence-electron chi connectivity index (χ2n) is 5.64. The molecule has 27 heavy (non-hydrogen) atoms. The first-order valence-electron chi connectivity index (χ1n) is 7.93. The Hall–Kier alpha value is -4.08. The van der Waals surface area contributed by atoms with Gasteiger partial charge in [0.2, 0.25) is 0 Å². The predicted octanol–water partition coefficient (Wildman–Crippen LogP) is 3.43. The molecule has 0 unspecified atom stereocenters. The Balaban J connectivity index is 1.47. The molecular weight excluding hydrogens is 350 g/mol. The summed E-state index contributed by atoms with van der Waals surface area (Å²) < 4.78 is 4.99. The second kappa shape index (κ2) is 6.67. The topological polar surface area (TPSA) is 135 Å². The Morgan fingerprint density at radius 2 is 2.19 bits per heavy atom.